The number of amides is 1. The fourth-order valence-corrected chi connectivity index (χ4v) is 4.64. The Balaban J connectivity index is 1.66. The highest BCUT2D eigenvalue weighted by molar-refractivity contribution is 7.89. The Morgan fingerprint density at radius 1 is 1.23 bits per heavy atom. The Bertz CT molecular complexity index is 757. The Morgan fingerprint density at radius 3 is 2.54 bits per heavy atom. The van der Waals surface area contributed by atoms with Gasteiger partial charge in [-0.05, 0) is 38.3 Å². The summed E-state index contributed by atoms with van der Waals surface area (Å²) in [6.07, 6.45) is 1.95. The van der Waals surface area contributed by atoms with Gasteiger partial charge in [0.25, 0.3) is 0 Å². The number of carbonyl (C=O) groups excluding carboxylic acids is 1. The van der Waals surface area contributed by atoms with E-state index in [0.29, 0.717) is 50.6 Å². The molecule has 26 heavy (non-hydrogen) atoms. The lowest BCUT2D eigenvalue weighted by atomic mass is 9.97. The quantitative estimate of drug-likeness (QED) is 0.839. The molecule has 1 fully saturated rings. The summed E-state index contributed by atoms with van der Waals surface area (Å²) >= 11 is 0. The molecule has 2 aliphatic rings. The predicted octanol–water partition coefficient (Wildman–Crippen LogP) is 1.77. The normalized spacial score (nSPS) is 19.8. The molecule has 1 aromatic carbocycles. The van der Waals surface area contributed by atoms with Crippen LogP contribution in [0.3, 0.4) is 0 Å². The molecule has 144 valence electrons. The number of benzene rings is 1. The van der Waals surface area contributed by atoms with Gasteiger partial charge in [0.15, 0.2) is 11.5 Å². The molecule has 0 unspecified atom stereocenters. The predicted molar refractivity (Wildman–Crippen MR) is 96.8 cm³/mol. The van der Waals surface area contributed by atoms with Crippen molar-refractivity contribution in [3.63, 3.8) is 0 Å². The molecule has 0 aliphatic carbocycles. The molecule has 0 radical (unpaired) electrons. The summed E-state index contributed by atoms with van der Waals surface area (Å²) in [4.78, 5) is 12.4. The van der Waals surface area contributed by atoms with Gasteiger partial charge in [0.1, 0.15) is 13.2 Å². The summed E-state index contributed by atoms with van der Waals surface area (Å²) in [5, 5.41) is 2.98. The summed E-state index contributed by atoms with van der Waals surface area (Å²) in [6, 6.07) is 4.84. The topological polar surface area (TPSA) is 84.9 Å². The molecule has 2 heterocycles. The Kier molecular flexibility index (Phi) is 5.72. The third-order valence-corrected chi connectivity index (χ3v) is 6.87. The molecule has 1 saturated heterocycles. The highest BCUT2D eigenvalue weighted by atomic mass is 32.2. The average molecular weight is 382 g/mol. The number of rotatable bonds is 5. The fourth-order valence-electron chi connectivity index (χ4n) is 3.15. The van der Waals surface area contributed by atoms with E-state index in [2.05, 4.69) is 5.32 Å². The van der Waals surface area contributed by atoms with Crippen molar-refractivity contribution in [2.45, 2.75) is 44.0 Å². The third kappa shape index (κ3) is 3.96. The summed E-state index contributed by atoms with van der Waals surface area (Å²) < 4.78 is 38.2. The van der Waals surface area contributed by atoms with Crippen molar-refractivity contribution in [2.75, 3.05) is 26.3 Å². The molecule has 2 aliphatic heterocycles. The van der Waals surface area contributed by atoms with Crippen molar-refractivity contribution in [3.8, 4) is 11.5 Å². The maximum absolute atomic E-state index is 12.9. The lowest BCUT2D eigenvalue weighted by molar-refractivity contribution is -0.126. The standard InChI is InChI=1S/C18H26N2O5S/c1-3-13(2)19-18(21)14-6-8-20(9-7-14)26(22,23)15-4-5-16-17(12-15)25-11-10-24-16/h4-5,12-14H,3,6-11H2,1-2H3,(H,19,21)/t13-/m1/s1. The lowest BCUT2D eigenvalue weighted by Crippen LogP contribution is -2.44. The minimum Gasteiger partial charge on any atom is -0.486 e. The van der Waals surface area contributed by atoms with Gasteiger partial charge in [-0.2, -0.15) is 4.31 Å². The van der Waals surface area contributed by atoms with Gasteiger partial charge >= 0.3 is 0 Å². The zero-order valence-corrected chi connectivity index (χ0v) is 16.0. The molecule has 3 rings (SSSR count). The van der Waals surface area contributed by atoms with Gasteiger partial charge in [0.2, 0.25) is 15.9 Å². The molecular formula is C18H26N2O5S. The summed E-state index contributed by atoms with van der Waals surface area (Å²) in [5.41, 5.74) is 0. The van der Waals surface area contributed by atoms with Crippen LogP contribution in [-0.2, 0) is 14.8 Å². The van der Waals surface area contributed by atoms with Crippen molar-refractivity contribution in [3.05, 3.63) is 18.2 Å². The lowest BCUT2D eigenvalue weighted by Gasteiger charge is -2.31. The van der Waals surface area contributed by atoms with Gasteiger partial charge in [0.05, 0.1) is 4.90 Å². The van der Waals surface area contributed by atoms with Crippen LogP contribution in [0.4, 0.5) is 0 Å². The highest BCUT2D eigenvalue weighted by Crippen LogP contribution is 2.34. The number of fused-ring (bicyclic) bond motifs is 1. The minimum absolute atomic E-state index is 0.0238. The van der Waals surface area contributed by atoms with E-state index in [9.17, 15) is 13.2 Å². The summed E-state index contributed by atoms with van der Waals surface area (Å²) in [6.45, 7) is 5.55. The Hall–Kier alpha value is -1.80. The molecule has 1 N–H and O–H groups in total. The van der Waals surface area contributed by atoms with Crippen LogP contribution < -0.4 is 14.8 Å². The van der Waals surface area contributed by atoms with Crippen molar-refractivity contribution < 1.29 is 22.7 Å². The number of hydrogen-bond acceptors (Lipinski definition) is 5. The van der Waals surface area contributed by atoms with Crippen molar-refractivity contribution in [1.82, 2.24) is 9.62 Å². The number of hydrogen-bond donors (Lipinski definition) is 1. The van der Waals surface area contributed by atoms with Crippen LogP contribution in [0.25, 0.3) is 0 Å². The number of nitrogens with zero attached hydrogens (tertiary/aromatic N) is 1. The first kappa shape index (κ1) is 19.0. The van der Waals surface area contributed by atoms with E-state index in [0.717, 1.165) is 6.42 Å². The molecule has 7 nitrogen and oxygen atoms in total. The molecule has 0 aromatic heterocycles. The highest BCUT2D eigenvalue weighted by Gasteiger charge is 2.33. The smallest absolute Gasteiger partial charge is 0.243 e. The van der Waals surface area contributed by atoms with Crippen molar-refractivity contribution in [2.24, 2.45) is 5.92 Å². The summed E-state index contributed by atoms with van der Waals surface area (Å²) in [5.74, 6) is 0.919. The van der Waals surface area contributed by atoms with Gasteiger partial charge in [-0.15, -0.1) is 0 Å². The van der Waals surface area contributed by atoms with Crippen LogP contribution in [0, 0.1) is 5.92 Å². The van der Waals surface area contributed by atoms with Gasteiger partial charge in [-0.25, -0.2) is 8.42 Å². The van der Waals surface area contributed by atoms with E-state index < -0.39 is 10.0 Å². The van der Waals surface area contributed by atoms with E-state index in [1.165, 1.54) is 10.4 Å². The summed E-state index contributed by atoms with van der Waals surface area (Å²) in [7, 11) is -3.61. The van der Waals surface area contributed by atoms with E-state index in [4.69, 9.17) is 9.47 Å². The molecule has 0 bridgehead atoms. The molecular weight excluding hydrogens is 356 g/mol. The monoisotopic (exact) mass is 382 g/mol. The third-order valence-electron chi connectivity index (χ3n) is 4.98. The second-order valence-electron chi connectivity index (χ2n) is 6.80. The zero-order chi connectivity index (χ0) is 18.7. The second kappa shape index (κ2) is 7.84. The Labute approximate surface area is 154 Å². The van der Waals surface area contributed by atoms with Crippen LogP contribution in [0.15, 0.2) is 23.1 Å². The van der Waals surface area contributed by atoms with Gasteiger partial charge in [-0.3, -0.25) is 4.79 Å². The van der Waals surface area contributed by atoms with Crippen LogP contribution in [0.2, 0.25) is 0 Å². The second-order valence-corrected chi connectivity index (χ2v) is 8.74. The van der Waals surface area contributed by atoms with E-state index in [-0.39, 0.29) is 22.8 Å². The zero-order valence-electron chi connectivity index (χ0n) is 15.2. The molecule has 8 heteroatoms. The minimum atomic E-state index is -3.61. The van der Waals surface area contributed by atoms with Gasteiger partial charge in [0, 0.05) is 31.1 Å². The molecule has 1 atom stereocenters. The first-order chi connectivity index (χ1) is 12.4. The van der Waals surface area contributed by atoms with Gasteiger partial charge in [-0.1, -0.05) is 6.92 Å². The molecule has 0 spiro atoms. The Morgan fingerprint density at radius 2 is 1.88 bits per heavy atom. The first-order valence-electron chi connectivity index (χ1n) is 9.12. The van der Waals surface area contributed by atoms with Crippen LogP contribution in [-0.4, -0.2) is 51.0 Å². The largest absolute Gasteiger partial charge is 0.486 e. The fraction of sp³-hybridized carbons (Fsp3) is 0.611. The van der Waals surface area contributed by atoms with E-state index in [1.54, 1.807) is 12.1 Å². The average Bonchev–Trinajstić information content (AvgIpc) is 2.67. The number of sulfonamides is 1. The maximum Gasteiger partial charge on any atom is 0.243 e. The maximum atomic E-state index is 12.9. The number of carbonyl (C=O) groups is 1. The number of ether oxygens (including phenoxy) is 2. The molecule has 1 aromatic rings. The van der Waals surface area contributed by atoms with Crippen LogP contribution >= 0.6 is 0 Å². The van der Waals surface area contributed by atoms with Crippen molar-refractivity contribution >= 4 is 15.9 Å². The van der Waals surface area contributed by atoms with Gasteiger partial charge < -0.3 is 14.8 Å². The van der Waals surface area contributed by atoms with Crippen LogP contribution in [0.1, 0.15) is 33.1 Å². The van der Waals surface area contributed by atoms with E-state index in [1.807, 2.05) is 13.8 Å². The van der Waals surface area contributed by atoms with E-state index >= 15 is 0 Å². The molecule has 0 saturated carbocycles. The van der Waals surface area contributed by atoms with Crippen LogP contribution in [0.5, 0.6) is 11.5 Å². The molecule has 1 amide bonds. The number of nitrogens with one attached hydrogen (secondary N) is 1. The SMILES string of the molecule is CC[C@@H](C)NC(=O)C1CCN(S(=O)(=O)c2ccc3c(c2)OCCO3)CC1. The first-order valence-corrected chi connectivity index (χ1v) is 10.6. The van der Waals surface area contributed by atoms with Crippen molar-refractivity contribution in [1.29, 1.82) is 0 Å². The number of piperidine rings is 1.